The van der Waals surface area contributed by atoms with E-state index in [1.165, 1.54) is 30.9 Å². The highest BCUT2D eigenvalue weighted by Crippen LogP contribution is 2.41. The highest BCUT2D eigenvalue weighted by atomic mass is 32.1. The molecule has 2 aliphatic heterocycles. The number of para-hydroxylation sites is 1. The van der Waals surface area contributed by atoms with Crippen molar-refractivity contribution in [3.63, 3.8) is 0 Å². The van der Waals surface area contributed by atoms with E-state index < -0.39 is 6.17 Å². The van der Waals surface area contributed by atoms with Gasteiger partial charge in [-0.25, -0.2) is 15.0 Å². The fourth-order valence-corrected chi connectivity index (χ4v) is 7.53. The average Bonchev–Trinajstić information content (AvgIpc) is 3.65. The van der Waals surface area contributed by atoms with Crippen LogP contribution in [-0.2, 0) is 0 Å². The number of nitrogens with one attached hydrogen (secondary N) is 2. The van der Waals surface area contributed by atoms with Gasteiger partial charge in [-0.3, -0.25) is 4.57 Å². The third kappa shape index (κ3) is 3.97. The first-order valence-corrected chi connectivity index (χ1v) is 15.5. The monoisotopic (exact) mass is 586 g/mol. The van der Waals surface area contributed by atoms with Gasteiger partial charge in [-0.1, -0.05) is 109 Å². The Kier molecular flexibility index (Phi) is 5.70. The summed E-state index contributed by atoms with van der Waals surface area (Å²) in [7, 11) is 0. The van der Waals surface area contributed by atoms with E-state index in [1.54, 1.807) is 0 Å². The zero-order valence-electron chi connectivity index (χ0n) is 23.6. The van der Waals surface area contributed by atoms with Crippen LogP contribution in [0.4, 0.5) is 0 Å². The van der Waals surface area contributed by atoms with Crippen LogP contribution in [0.25, 0.3) is 42.0 Å². The van der Waals surface area contributed by atoms with E-state index in [0.29, 0.717) is 0 Å². The van der Waals surface area contributed by atoms with Crippen LogP contribution in [0, 0.1) is 0 Å². The Hall–Kier alpha value is -5.53. The largest absolute Gasteiger partial charge is 0.332 e. The van der Waals surface area contributed by atoms with E-state index >= 15 is 0 Å². The predicted molar refractivity (Wildman–Crippen MR) is 184 cm³/mol. The highest BCUT2D eigenvalue weighted by Gasteiger charge is 2.28. The van der Waals surface area contributed by atoms with Crippen LogP contribution < -0.4 is 10.6 Å². The fraction of sp³-hybridized carbons (Fsp3) is 0.0541. The molecule has 2 aliphatic rings. The smallest absolute Gasteiger partial charge is 0.208 e. The molecule has 7 heteroatoms. The van der Waals surface area contributed by atoms with Crippen molar-refractivity contribution in [2.24, 2.45) is 15.0 Å². The number of fused-ring (bicyclic) bond motifs is 7. The second-order valence-corrected chi connectivity index (χ2v) is 12.0. The highest BCUT2D eigenvalue weighted by molar-refractivity contribution is 7.26. The van der Waals surface area contributed by atoms with Crippen LogP contribution >= 0.6 is 11.3 Å². The second-order valence-electron chi connectivity index (χ2n) is 11.0. The van der Waals surface area contributed by atoms with Gasteiger partial charge < -0.3 is 10.6 Å². The Morgan fingerprint density at radius 1 is 0.591 bits per heavy atom. The molecule has 2 aromatic heterocycles. The molecule has 1 atom stereocenters. The van der Waals surface area contributed by atoms with Crippen LogP contribution in [0.3, 0.4) is 0 Å². The molecule has 0 amide bonds. The van der Waals surface area contributed by atoms with Gasteiger partial charge in [0.15, 0.2) is 6.17 Å². The number of hydrogen-bond donors (Lipinski definition) is 2. The van der Waals surface area contributed by atoms with Crippen molar-refractivity contribution in [2.75, 3.05) is 0 Å². The van der Waals surface area contributed by atoms with Gasteiger partial charge in [0.25, 0.3) is 0 Å². The Labute approximate surface area is 257 Å². The van der Waals surface area contributed by atoms with Crippen molar-refractivity contribution in [1.82, 2.24) is 15.2 Å². The Morgan fingerprint density at radius 3 is 1.98 bits per heavy atom. The molecule has 0 saturated heterocycles. The van der Waals surface area contributed by atoms with E-state index in [-0.39, 0.29) is 6.04 Å². The molecule has 0 radical (unpaired) electrons. The standard InChI is InChI=1S/C37H26N6S/c1-3-11-23(12-4-1)34-40-35(24-13-5-2-6-14-24)42-36(41-34)29-21-22-38-37(39-29)43-30-17-9-7-15-25(30)27-19-20-28-26-16-8-10-18-31(26)44-33(28)32(27)43/h1-22,29,36H,(H,38,39)(H,40,41,42). The van der Waals surface area contributed by atoms with Crippen LogP contribution in [0.5, 0.6) is 0 Å². The van der Waals surface area contributed by atoms with Crippen LogP contribution in [0.1, 0.15) is 11.1 Å². The second kappa shape index (κ2) is 10.0. The lowest BCUT2D eigenvalue weighted by Gasteiger charge is -2.26. The van der Waals surface area contributed by atoms with Gasteiger partial charge in [-0.05, 0) is 18.2 Å². The van der Waals surface area contributed by atoms with E-state index in [1.807, 2.05) is 53.9 Å². The van der Waals surface area contributed by atoms with Gasteiger partial charge in [-0.15, -0.1) is 11.3 Å². The maximum Gasteiger partial charge on any atom is 0.208 e. The molecule has 0 fully saturated rings. The van der Waals surface area contributed by atoms with Gasteiger partial charge >= 0.3 is 0 Å². The zero-order valence-corrected chi connectivity index (χ0v) is 24.4. The Morgan fingerprint density at radius 2 is 1.23 bits per heavy atom. The van der Waals surface area contributed by atoms with Crippen molar-refractivity contribution in [2.45, 2.75) is 12.2 Å². The van der Waals surface area contributed by atoms with Crippen LogP contribution in [0.15, 0.2) is 149 Å². The molecule has 44 heavy (non-hydrogen) atoms. The van der Waals surface area contributed by atoms with Crippen LogP contribution in [0.2, 0.25) is 0 Å². The first-order valence-electron chi connectivity index (χ1n) is 14.7. The van der Waals surface area contributed by atoms with Crippen molar-refractivity contribution < 1.29 is 0 Å². The number of rotatable bonds is 3. The summed E-state index contributed by atoms with van der Waals surface area (Å²) < 4.78 is 4.82. The molecule has 4 heterocycles. The quantitative estimate of drug-likeness (QED) is 0.223. The summed E-state index contributed by atoms with van der Waals surface area (Å²) in [5.41, 5.74) is 4.30. The minimum Gasteiger partial charge on any atom is -0.332 e. The van der Waals surface area contributed by atoms with Crippen molar-refractivity contribution >= 4 is 70.9 Å². The molecule has 0 bridgehead atoms. The molecular formula is C37H26N6S. The summed E-state index contributed by atoms with van der Waals surface area (Å²) in [6, 6.07) is 41.8. The molecule has 9 rings (SSSR count). The minimum absolute atomic E-state index is 0.302. The van der Waals surface area contributed by atoms with Gasteiger partial charge in [0.2, 0.25) is 5.96 Å². The summed E-state index contributed by atoms with van der Waals surface area (Å²) in [5.74, 6) is 2.34. The van der Waals surface area contributed by atoms with Crippen molar-refractivity contribution in [1.29, 1.82) is 0 Å². The summed E-state index contributed by atoms with van der Waals surface area (Å²) in [5, 5.41) is 11.9. The maximum atomic E-state index is 5.31. The summed E-state index contributed by atoms with van der Waals surface area (Å²) in [6.07, 6.45) is 3.60. The predicted octanol–water partition coefficient (Wildman–Crippen LogP) is 7.67. The molecule has 1 unspecified atom stereocenters. The fourth-order valence-electron chi connectivity index (χ4n) is 6.29. The zero-order chi connectivity index (χ0) is 29.0. The first-order chi connectivity index (χ1) is 21.8. The Bertz CT molecular complexity index is 2290. The number of aliphatic imine (C=N–C) groups is 3. The SMILES string of the molecule is C1=CC(C2N=C(c3ccccc3)NC(c3ccccc3)=N2)N=C(n2c3ccccc3c3ccc4c5ccccc5sc4c32)N1. The summed E-state index contributed by atoms with van der Waals surface area (Å²) in [4.78, 5) is 15.5. The molecule has 5 aromatic carbocycles. The van der Waals surface area contributed by atoms with Gasteiger partial charge in [-0.2, -0.15) is 0 Å². The molecule has 2 N–H and O–H groups in total. The number of amidine groups is 2. The number of aromatic nitrogens is 1. The van der Waals surface area contributed by atoms with Gasteiger partial charge in [0, 0.05) is 43.6 Å². The van der Waals surface area contributed by atoms with Crippen LogP contribution in [-0.4, -0.2) is 34.4 Å². The number of hydrogen-bond acceptors (Lipinski definition) is 6. The molecule has 210 valence electrons. The minimum atomic E-state index is -0.438. The van der Waals surface area contributed by atoms with Gasteiger partial charge in [0.1, 0.15) is 17.7 Å². The lowest BCUT2D eigenvalue weighted by atomic mass is 10.1. The molecular weight excluding hydrogens is 561 g/mol. The molecule has 7 aromatic rings. The number of thiophene rings is 1. The number of nitrogens with zero attached hydrogens (tertiary/aromatic N) is 4. The lowest BCUT2D eigenvalue weighted by molar-refractivity contribution is 0.610. The van der Waals surface area contributed by atoms with E-state index in [0.717, 1.165) is 39.8 Å². The van der Waals surface area contributed by atoms with E-state index in [2.05, 4.69) is 106 Å². The molecule has 6 nitrogen and oxygen atoms in total. The van der Waals surface area contributed by atoms with Gasteiger partial charge in [0.05, 0.1) is 15.7 Å². The number of benzene rings is 5. The summed E-state index contributed by atoms with van der Waals surface area (Å²) in [6.45, 7) is 0. The maximum absolute atomic E-state index is 5.31. The van der Waals surface area contributed by atoms with Crippen molar-refractivity contribution in [3.05, 3.63) is 145 Å². The molecule has 0 spiro atoms. The lowest BCUT2D eigenvalue weighted by Crippen LogP contribution is -2.42. The third-order valence-corrected chi connectivity index (χ3v) is 9.52. The first kappa shape index (κ1) is 25.0. The molecule has 0 aliphatic carbocycles. The van der Waals surface area contributed by atoms with E-state index in [9.17, 15) is 0 Å². The van der Waals surface area contributed by atoms with E-state index in [4.69, 9.17) is 15.0 Å². The molecule has 0 saturated carbocycles. The van der Waals surface area contributed by atoms with Crippen molar-refractivity contribution in [3.8, 4) is 0 Å². The Balaban J connectivity index is 1.23. The third-order valence-electron chi connectivity index (χ3n) is 8.33. The topological polar surface area (TPSA) is 66.1 Å². The normalized spacial score (nSPS) is 17.0. The summed E-state index contributed by atoms with van der Waals surface area (Å²) >= 11 is 1.84. The average molecular weight is 587 g/mol.